The van der Waals surface area contributed by atoms with Gasteiger partial charge in [-0.1, -0.05) is 6.07 Å². The Hall–Kier alpha value is -1.22. The third-order valence-corrected chi connectivity index (χ3v) is 2.85. The van der Waals surface area contributed by atoms with E-state index in [2.05, 4.69) is 12.2 Å². The van der Waals surface area contributed by atoms with Crippen LogP contribution in [0.4, 0.5) is 5.69 Å². The fourth-order valence-corrected chi connectivity index (χ4v) is 2.00. The molecule has 1 aliphatic rings. The Bertz CT molecular complexity index is 321. The molecule has 3 nitrogen and oxygen atoms in total. The van der Waals surface area contributed by atoms with Gasteiger partial charge in [-0.05, 0) is 38.4 Å². The third kappa shape index (κ3) is 2.63. The van der Waals surface area contributed by atoms with Gasteiger partial charge in [-0.25, -0.2) is 0 Å². The minimum Gasteiger partial charge on any atom is -0.489 e. The lowest BCUT2D eigenvalue weighted by molar-refractivity contribution is 0.180. The van der Waals surface area contributed by atoms with Crippen LogP contribution < -0.4 is 15.8 Å². The van der Waals surface area contributed by atoms with E-state index in [1.807, 2.05) is 24.3 Å². The minimum atomic E-state index is 0.203. The molecule has 0 amide bonds. The lowest BCUT2D eigenvalue weighted by Crippen LogP contribution is -2.36. The highest BCUT2D eigenvalue weighted by atomic mass is 16.5. The first-order valence-corrected chi connectivity index (χ1v) is 5.51. The zero-order valence-corrected chi connectivity index (χ0v) is 9.07. The average molecular weight is 206 g/mol. The van der Waals surface area contributed by atoms with Gasteiger partial charge in [-0.2, -0.15) is 0 Å². The van der Waals surface area contributed by atoms with E-state index in [9.17, 15) is 0 Å². The average Bonchev–Trinajstić information content (AvgIpc) is 2.70. The van der Waals surface area contributed by atoms with E-state index in [0.29, 0.717) is 6.04 Å². The molecule has 1 aliphatic heterocycles. The molecule has 2 rings (SSSR count). The second-order valence-corrected chi connectivity index (χ2v) is 4.10. The molecule has 2 unspecified atom stereocenters. The van der Waals surface area contributed by atoms with Gasteiger partial charge in [0.05, 0.1) is 0 Å². The quantitative estimate of drug-likeness (QED) is 0.741. The van der Waals surface area contributed by atoms with Gasteiger partial charge >= 0.3 is 0 Å². The molecule has 1 heterocycles. The predicted octanol–water partition coefficient (Wildman–Crippen LogP) is 1.79. The molecule has 15 heavy (non-hydrogen) atoms. The fraction of sp³-hybridized carbons (Fsp3) is 0.500. The normalized spacial score (nSPS) is 22.6. The van der Waals surface area contributed by atoms with Crippen molar-refractivity contribution in [1.29, 1.82) is 0 Å². The SMILES string of the molecule is CC(Oc1cccc(N)c1)C1CCCN1. The first-order chi connectivity index (χ1) is 7.25. The zero-order valence-electron chi connectivity index (χ0n) is 9.07. The highest BCUT2D eigenvalue weighted by molar-refractivity contribution is 5.43. The van der Waals surface area contributed by atoms with Crippen molar-refractivity contribution in [2.45, 2.75) is 31.9 Å². The van der Waals surface area contributed by atoms with Crippen LogP contribution in [0, 0.1) is 0 Å². The van der Waals surface area contributed by atoms with Crippen molar-refractivity contribution in [3.63, 3.8) is 0 Å². The molecule has 0 bridgehead atoms. The van der Waals surface area contributed by atoms with Crippen LogP contribution in [0.3, 0.4) is 0 Å². The maximum Gasteiger partial charge on any atom is 0.121 e. The van der Waals surface area contributed by atoms with Crippen LogP contribution in [0.1, 0.15) is 19.8 Å². The molecule has 0 saturated carbocycles. The Labute approximate surface area is 90.6 Å². The Kier molecular flexibility index (Phi) is 3.11. The summed E-state index contributed by atoms with van der Waals surface area (Å²) in [5.74, 6) is 0.858. The van der Waals surface area contributed by atoms with Gasteiger partial charge < -0.3 is 15.8 Å². The van der Waals surface area contributed by atoms with Crippen molar-refractivity contribution in [3.05, 3.63) is 24.3 Å². The molecule has 82 valence electrons. The number of benzene rings is 1. The number of nitrogen functional groups attached to an aromatic ring is 1. The largest absolute Gasteiger partial charge is 0.489 e. The third-order valence-electron chi connectivity index (χ3n) is 2.85. The summed E-state index contributed by atoms with van der Waals surface area (Å²) in [5.41, 5.74) is 6.44. The minimum absolute atomic E-state index is 0.203. The predicted molar refractivity (Wildman–Crippen MR) is 62.0 cm³/mol. The van der Waals surface area contributed by atoms with E-state index in [4.69, 9.17) is 10.5 Å². The van der Waals surface area contributed by atoms with Crippen molar-refractivity contribution in [2.75, 3.05) is 12.3 Å². The number of nitrogens with one attached hydrogen (secondary N) is 1. The van der Waals surface area contributed by atoms with Crippen LogP contribution in [0.5, 0.6) is 5.75 Å². The molecule has 3 N–H and O–H groups in total. The summed E-state index contributed by atoms with van der Waals surface area (Å²) in [4.78, 5) is 0. The van der Waals surface area contributed by atoms with Crippen LogP contribution in [0.25, 0.3) is 0 Å². The molecule has 1 fully saturated rings. The summed E-state index contributed by atoms with van der Waals surface area (Å²) in [7, 11) is 0. The van der Waals surface area contributed by atoms with E-state index < -0.39 is 0 Å². The maximum absolute atomic E-state index is 5.84. The monoisotopic (exact) mass is 206 g/mol. The standard InChI is InChI=1S/C12H18N2O/c1-9(12-6-3-7-14-12)15-11-5-2-4-10(13)8-11/h2,4-5,8-9,12,14H,3,6-7,13H2,1H3. The summed E-state index contributed by atoms with van der Waals surface area (Å²) < 4.78 is 5.84. The van der Waals surface area contributed by atoms with Crippen molar-refractivity contribution < 1.29 is 4.74 Å². The lowest BCUT2D eigenvalue weighted by atomic mass is 10.1. The fourth-order valence-electron chi connectivity index (χ4n) is 2.00. The number of hydrogen-bond donors (Lipinski definition) is 2. The second kappa shape index (κ2) is 4.53. The van der Waals surface area contributed by atoms with Gasteiger partial charge in [0.15, 0.2) is 0 Å². The maximum atomic E-state index is 5.84. The number of rotatable bonds is 3. The molecular formula is C12H18N2O. The first-order valence-electron chi connectivity index (χ1n) is 5.51. The summed E-state index contributed by atoms with van der Waals surface area (Å²) in [6.45, 7) is 3.21. The topological polar surface area (TPSA) is 47.3 Å². The molecule has 1 saturated heterocycles. The number of ether oxygens (including phenoxy) is 1. The molecule has 0 spiro atoms. The van der Waals surface area contributed by atoms with E-state index in [1.54, 1.807) is 0 Å². The van der Waals surface area contributed by atoms with Crippen LogP contribution in [-0.2, 0) is 0 Å². The second-order valence-electron chi connectivity index (χ2n) is 4.10. The highest BCUT2D eigenvalue weighted by Gasteiger charge is 2.22. The molecule has 0 radical (unpaired) electrons. The highest BCUT2D eigenvalue weighted by Crippen LogP contribution is 2.19. The van der Waals surface area contributed by atoms with Crippen molar-refractivity contribution in [3.8, 4) is 5.75 Å². The summed E-state index contributed by atoms with van der Waals surface area (Å²) in [6, 6.07) is 8.07. The Morgan fingerprint density at radius 1 is 1.53 bits per heavy atom. The molecule has 0 aromatic heterocycles. The van der Waals surface area contributed by atoms with Gasteiger partial charge in [0.1, 0.15) is 11.9 Å². The molecule has 1 aromatic rings. The molecule has 0 aliphatic carbocycles. The van der Waals surface area contributed by atoms with Gasteiger partial charge in [0, 0.05) is 17.8 Å². The van der Waals surface area contributed by atoms with Crippen molar-refractivity contribution in [2.24, 2.45) is 0 Å². The molecule has 2 atom stereocenters. The Balaban J connectivity index is 1.95. The Morgan fingerprint density at radius 3 is 3.07 bits per heavy atom. The number of nitrogens with two attached hydrogens (primary N) is 1. The molecule has 3 heteroatoms. The van der Waals surface area contributed by atoms with E-state index in [1.165, 1.54) is 12.8 Å². The number of anilines is 1. The molecule has 1 aromatic carbocycles. The van der Waals surface area contributed by atoms with Gasteiger partial charge in [-0.3, -0.25) is 0 Å². The van der Waals surface area contributed by atoms with Gasteiger partial charge in [0.2, 0.25) is 0 Å². The zero-order chi connectivity index (χ0) is 10.7. The van der Waals surface area contributed by atoms with Crippen LogP contribution in [0.2, 0.25) is 0 Å². The van der Waals surface area contributed by atoms with Gasteiger partial charge in [0.25, 0.3) is 0 Å². The lowest BCUT2D eigenvalue weighted by Gasteiger charge is -2.21. The van der Waals surface area contributed by atoms with Crippen LogP contribution in [-0.4, -0.2) is 18.7 Å². The van der Waals surface area contributed by atoms with Crippen molar-refractivity contribution >= 4 is 5.69 Å². The van der Waals surface area contributed by atoms with E-state index in [0.717, 1.165) is 18.0 Å². The van der Waals surface area contributed by atoms with Crippen LogP contribution >= 0.6 is 0 Å². The summed E-state index contributed by atoms with van der Waals surface area (Å²) in [5, 5.41) is 3.43. The summed E-state index contributed by atoms with van der Waals surface area (Å²) >= 11 is 0. The molecular weight excluding hydrogens is 188 g/mol. The van der Waals surface area contributed by atoms with E-state index >= 15 is 0 Å². The number of hydrogen-bond acceptors (Lipinski definition) is 3. The first kappa shape index (κ1) is 10.3. The summed E-state index contributed by atoms with van der Waals surface area (Å²) in [6.07, 6.45) is 2.65. The van der Waals surface area contributed by atoms with Gasteiger partial charge in [-0.15, -0.1) is 0 Å². The van der Waals surface area contributed by atoms with Crippen LogP contribution in [0.15, 0.2) is 24.3 Å². The van der Waals surface area contributed by atoms with Crippen molar-refractivity contribution in [1.82, 2.24) is 5.32 Å². The Morgan fingerprint density at radius 2 is 2.40 bits per heavy atom. The van der Waals surface area contributed by atoms with E-state index in [-0.39, 0.29) is 6.10 Å². The smallest absolute Gasteiger partial charge is 0.121 e.